The predicted octanol–water partition coefficient (Wildman–Crippen LogP) is 7.84. The molecule has 0 bridgehead atoms. The third kappa shape index (κ3) is 8.13. The third-order valence-electron chi connectivity index (χ3n) is 11.9. The molecule has 3 aromatic heterocycles. The van der Waals surface area contributed by atoms with Crippen LogP contribution in [-0.4, -0.2) is 56.4 Å². The van der Waals surface area contributed by atoms with Gasteiger partial charge in [-0.1, -0.05) is 48.5 Å². The van der Waals surface area contributed by atoms with E-state index in [9.17, 15) is 14.4 Å². The number of benzene rings is 3. The number of thiophene rings is 1. The first-order chi connectivity index (χ1) is 27.8. The van der Waals surface area contributed by atoms with Crippen molar-refractivity contribution in [1.82, 2.24) is 30.1 Å². The summed E-state index contributed by atoms with van der Waals surface area (Å²) in [6.45, 7) is 5.58. The molecule has 2 saturated heterocycles. The molecule has 10 nitrogen and oxygen atoms in total. The van der Waals surface area contributed by atoms with E-state index in [0.717, 1.165) is 94.9 Å². The molecule has 5 heterocycles. The fraction of sp³-hybridized carbons (Fsp3) is 0.326. The number of anilines is 1. The molecule has 3 amide bonds. The second kappa shape index (κ2) is 16.1. The lowest BCUT2D eigenvalue weighted by Crippen LogP contribution is -2.47. The molecule has 3 aliphatic rings. The number of piperidine rings is 2. The van der Waals surface area contributed by atoms with Crippen LogP contribution >= 0.6 is 11.3 Å². The molecule has 0 spiro atoms. The minimum atomic E-state index is -0.369. The van der Waals surface area contributed by atoms with Crippen molar-refractivity contribution in [3.63, 3.8) is 0 Å². The molecule has 2 fully saturated rings. The molecular formula is C46H47N7O3S. The predicted molar refractivity (Wildman–Crippen MR) is 224 cm³/mol. The van der Waals surface area contributed by atoms with Gasteiger partial charge in [0.05, 0.1) is 16.1 Å². The van der Waals surface area contributed by atoms with Gasteiger partial charge in [0.2, 0.25) is 11.8 Å². The molecule has 3 aromatic carbocycles. The fourth-order valence-electron chi connectivity index (χ4n) is 8.59. The van der Waals surface area contributed by atoms with E-state index in [1.54, 1.807) is 17.7 Å². The van der Waals surface area contributed by atoms with E-state index < -0.39 is 0 Å². The van der Waals surface area contributed by atoms with E-state index in [4.69, 9.17) is 4.98 Å². The Labute approximate surface area is 336 Å². The summed E-state index contributed by atoms with van der Waals surface area (Å²) in [4.78, 5) is 46.0. The van der Waals surface area contributed by atoms with Gasteiger partial charge in [-0.3, -0.25) is 24.6 Å². The molecule has 0 saturated carbocycles. The lowest BCUT2D eigenvalue weighted by molar-refractivity contribution is -0.133. The Morgan fingerprint density at radius 2 is 1.67 bits per heavy atom. The smallest absolute Gasteiger partial charge is 0.261 e. The second-order valence-electron chi connectivity index (χ2n) is 15.8. The summed E-state index contributed by atoms with van der Waals surface area (Å²) in [6.07, 6.45) is 11.4. The van der Waals surface area contributed by atoms with Crippen LogP contribution in [0.15, 0.2) is 91.4 Å². The molecule has 2 aliphatic heterocycles. The van der Waals surface area contributed by atoms with E-state index in [2.05, 4.69) is 118 Å². The SMILES string of the molecule is Cc1cc(-c2ncnn3cc(-c4ccc(CN5CCC(c6ccc(N[C@H]7CCC(=O)NC7=O)cc6)CC5)cc4)cc23)ccc1CNC(=O)c1cc2c(s1)CCCC2. The Balaban J connectivity index is 0.795. The standard InChI is InChI=1S/C46H47N7O3S/c1-29-22-35(10-11-36(29)25-47-46(56)42-24-34-4-2-3-5-41(34)57-42)44-40-23-37(27-53(40)49-28-48-44)32-8-6-30(7-9-32)26-52-20-18-33(19-21-52)31-12-14-38(15-13-31)50-39-16-17-43(54)51-45(39)55/h6-15,22-24,27-28,33,39,50H,2-5,16-21,25-26H2,1H3,(H,47,56)(H,51,54,55)/t39-/m0/s1. The zero-order chi connectivity index (χ0) is 38.9. The van der Waals surface area contributed by atoms with E-state index >= 15 is 0 Å². The zero-order valence-electron chi connectivity index (χ0n) is 32.2. The summed E-state index contributed by atoms with van der Waals surface area (Å²) in [5.41, 5.74) is 12.2. The summed E-state index contributed by atoms with van der Waals surface area (Å²) in [5, 5.41) is 13.4. The molecule has 9 rings (SSSR count). The molecule has 57 heavy (non-hydrogen) atoms. The lowest BCUT2D eigenvalue weighted by Gasteiger charge is -2.32. The van der Waals surface area contributed by atoms with Crippen molar-refractivity contribution in [2.24, 2.45) is 0 Å². The van der Waals surface area contributed by atoms with Crippen molar-refractivity contribution < 1.29 is 14.4 Å². The summed E-state index contributed by atoms with van der Waals surface area (Å²) < 4.78 is 1.91. The van der Waals surface area contributed by atoms with Gasteiger partial charge in [-0.15, -0.1) is 11.3 Å². The number of imide groups is 1. The molecule has 0 radical (unpaired) electrons. The van der Waals surface area contributed by atoms with Gasteiger partial charge < -0.3 is 10.6 Å². The number of amides is 3. The Hall–Kier alpha value is -5.65. The Morgan fingerprint density at radius 3 is 2.44 bits per heavy atom. The number of nitrogens with zero attached hydrogens (tertiary/aromatic N) is 4. The van der Waals surface area contributed by atoms with Gasteiger partial charge in [-0.25, -0.2) is 9.50 Å². The number of rotatable bonds is 10. The molecule has 3 N–H and O–H groups in total. The number of aromatic nitrogens is 3. The molecule has 1 atom stereocenters. The fourth-order valence-corrected chi connectivity index (χ4v) is 9.76. The van der Waals surface area contributed by atoms with Crippen LogP contribution in [0, 0.1) is 6.92 Å². The highest BCUT2D eigenvalue weighted by Gasteiger charge is 2.27. The average Bonchev–Trinajstić information content (AvgIpc) is 3.88. The number of hydrogen-bond acceptors (Lipinski definition) is 8. The van der Waals surface area contributed by atoms with Crippen molar-refractivity contribution in [3.05, 3.63) is 129 Å². The first-order valence-corrected chi connectivity index (χ1v) is 21.0. The van der Waals surface area contributed by atoms with Gasteiger partial charge in [-0.05, 0) is 135 Å². The van der Waals surface area contributed by atoms with Crippen LogP contribution in [0.25, 0.3) is 27.9 Å². The number of fused-ring (bicyclic) bond motifs is 2. The van der Waals surface area contributed by atoms with Crippen molar-refractivity contribution >= 4 is 40.3 Å². The monoisotopic (exact) mass is 777 g/mol. The maximum absolute atomic E-state index is 13.0. The van der Waals surface area contributed by atoms with E-state index in [0.29, 0.717) is 25.3 Å². The molecular weight excluding hydrogens is 731 g/mol. The van der Waals surface area contributed by atoms with E-state index in [1.807, 2.05) is 4.52 Å². The molecule has 290 valence electrons. The highest BCUT2D eigenvalue weighted by atomic mass is 32.1. The van der Waals surface area contributed by atoms with Gasteiger partial charge in [0.15, 0.2) is 0 Å². The highest BCUT2D eigenvalue weighted by Crippen LogP contribution is 2.33. The maximum Gasteiger partial charge on any atom is 0.261 e. The zero-order valence-corrected chi connectivity index (χ0v) is 33.0. The van der Waals surface area contributed by atoms with Gasteiger partial charge in [0, 0.05) is 47.4 Å². The van der Waals surface area contributed by atoms with Gasteiger partial charge in [0.25, 0.3) is 5.91 Å². The van der Waals surface area contributed by atoms with Crippen LogP contribution in [-0.2, 0) is 35.5 Å². The lowest BCUT2D eigenvalue weighted by atomic mass is 9.89. The van der Waals surface area contributed by atoms with E-state index in [1.165, 1.54) is 34.4 Å². The second-order valence-corrected chi connectivity index (χ2v) is 16.9. The van der Waals surface area contributed by atoms with Crippen LogP contribution in [0.3, 0.4) is 0 Å². The molecule has 6 aromatic rings. The normalized spacial score (nSPS) is 17.7. The first kappa shape index (κ1) is 37.0. The Morgan fingerprint density at radius 1 is 0.877 bits per heavy atom. The first-order valence-electron chi connectivity index (χ1n) is 20.2. The number of nitrogens with one attached hydrogen (secondary N) is 3. The van der Waals surface area contributed by atoms with Gasteiger partial charge >= 0.3 is 0 Å². The summed E-state index contributed by atoms with van der Waals surface area (Å²) in [7, 11) is 0. The Bertz CT molecular complexity index is 2420. The average molecular weight is 778 g/mol. The van der Waals surface area contributed by atoms with Crippen LogP contribution in [0.4, 0.5) is 5.69 Å². The van der Waals surface area contributed by atoms with Crippen LogP contribution in [0.1, 0.15) is 86.8 Å². The van der Waals surface area contributed by atoms with Gasteiger partial charge in [-0.2, -0.15) is 5.10 Å². The highest BCUT2D eigenvalue weighted by molar-refractivity contribution is 7.14. The van der Waals surface area contributed by atoms with Crippen LogP contribution in [0.5, 0.6) is 0 Å². The Kier molecular flexibility index (Phi) is 10.4. The number of aryl methyl sites for hydroxylation is 3. The summed E-state index contributed by atoms with van der Waals surface area (Å²) >= 11 is 1.65. The minimum absolute atomic E-state index is 0.00732. The maximum atomic E-state index is 13.0. The van der Waals surface area contributed by atoms with Crippen LogP contribution in [0.2, 0.25) is 0 Å². The quantitative estimate of drug-likeness (QED) is 0.121. The largest absolute Gasteiger partial charge is 0.374 e. The van der Waals surface area contributed by atoms with Crippen molar-refractivity contribution in [2.75, 3.05) is 18.4 Å². The number of carbonyl (C=O) groups excluding carboxylic acids is 3. The van der Waals surface area contributed by atoms with Crippen molar-refractivity contribution in [1.29, 1.82) is 0 Å². The summed E-state index contributed by atoms with van der Waals surface area (Å²) in [5.74, 6) is 0.0736. The van der Waals surface area contributed by atoms with Crippen molar-refractivity contribution in [2.45, 2.75) is 83.3 Å². The number of hydrogen-bond donors (Lipinski definition) is 3. The van der Waals surface area contributed by atoms with Crippen LogP contribution < -0.4 is 16.0 Å². The third-order valence-corrected chi connectivity index (χ3v) is 13.2. The number of likely N-dealkylation sites (tertiary alicyclic amines) is 1. The minimum Gasteiger partial charge on any atom is -0.374 e. The molecule has 1 aliphatic carbocycles. The molecule has 11 heteroatoms. The van der Waals surface area contributed by atoms with Gasteiger partial charge in [0.1, 0.15) is 12.4 Å². The number of carbonyl (C=O) groups is 3. The molecule has 0 unspecified atom stereocenters. The van der Waals surface area contributed by atoms with E-state index in [-0.39, 0.29) is 23.8 Å². The summed E-state index contributed by atoms with van der Waals surface area (Å²) in [6, 6.07) is 27.5. The topological polar surface area (TPSA) is 121 Å². The van der Waals surface area contributed by atoms with Crippen molar-refractivity contribution in [3.8, 4) is 22.4 Å².